The Kier molecular flexibility index (Phi) is 2.99. The molecule has 1 heteroatoms. The third-order valence-electron chi connectivity index (χ3n) is 2.38. The van der Waals surface area contributed by atoms with Gasteiger partial charge < -0.3 is 0 Å². The van der Waals surface area contributed by atoms with Crippen molar-refractivity contribution in [3.8, 4) is 6.15 Å². The normalized spacial score (nSPS) is 9.87. The Hall–Kier alpha value is -1.82. The molecule has 0 saturated carbocycles. The van der Waals surface area contributed by atoms with E-state index in [1.165, 1.54) is 0 Å². The Bertz CT molecular complexity index is 414. The molecule has 0 N–H and O–H groups in total. The SMILES string of the molecule is [O+]#CC(c1ccccc1)c1ccccc1. The predicted octanol–water partition coefficient (Wildman–Crippen LogP) is 3.21. The zero-order valence-corrected chi connectivity index (χ0v) is 8.26. The first-order valence-electron chi connectivity index (χ1n) is 4.89. The molecule has 0 unspecified atom stereocenters. The molecule has 0 aliphatic carbocycles. The van der Waals surface area contributed by atoms with Gasteiger partial charge in [-0.3, -0.25) is 0 Å². The molecule has 0 heterocycles. The third-order valence-corrected chi connectivity index (χ3v) is 2.38. The predicted molar refractivity (Wildman–Crippen MR) is 59.3 cm³/mol. The van der Waals surface area contributed by atoms with Crippen molar-refractivity contribution in [2.45, 2.75) is 5.92 Å². The van der Waals surface area contributed by atoms with Crippen molar-refractivity contribution in [3.63, 3.8) is 0 Å². The summed E-state index contributed by atoms with van der Waals surface area (Å²) < 4.78 is 11.0. The van der Waals surface area contributed by atoms with Gasteiger partial charge in [-0.1, -0.05) is 0 Å². The molecule has 0 atom stereocenters. The van der Waals surface area contributed by atoms with E-state index in [0.29, 0.717) is 0 Å². The van der Waals surface area contributed by atoms with Gasteiger partial charge in [0.15, 0.2) is 0 Å². The minimum atomic E-state index is -0.271. The van der Waals surface area contributed by atoms with Crippen LogP contribution in [-0.2, 0) is 4.65 Å². The summed E-state index contributed by atoms with van der Waals surface area (Å²) in [7, 11) is 0. The van der Waals surface area contributed by atoms with Crippen LogP contribution in [0.3, 0.4) is 0 Å². The fourth-order valence-corrected chi connectivity index (χ4v) is 1.62. The summed E-state index contributed by atoms with van der Waals surface area (Å²) in [6.07, 6.45) is 2.08. The van der Waals surface area contributed by atoms with E-state index in [4.69, 9.17) is 0 Å². The first-order chi connectivity index (χ1) is 7.42. The topological polar surface area (TPSA) is 19.9 Å². The van der Waals surface area contributed by atoms with Crippen molar-refractivity contribution in [1.82, 2.24) is 0 Å². The molecule has 72 valence electrons. The van der Waals surface area contributed by atoms with Gasteiger partial charge in [0.25, 0.3) is 0 Å². The van der Waals surface area contributed by atoms with Crippen LogP contribution in [0, 0.1) is 6.15 Å². The van der Waals surface area contributed by atoms with Crippen LogP contribution in [0.5, 0.6) is 0 Å². The molecule has 0 fully saturated rings. The second-order valence-corrected chi connectivity index (χ2v) is 3.37. The van der Waals surface area contributed by atoms with Crippen LogP contribution in [0.25, 0.3) is 0 Å². The van der Waals surface area contributed by atoms with E-state index < -0.39 is 0 Å². The molecular weight excluding hydrogens is 184 g/mol. The van der Waals surface area contributed by atoms with Crippen molar-refractivity contribution < 1.29 is 4.65 Å². The monoisotopic (exact) mass is 195 g/mol. The molecule has 0 saturated heterocycles. The van der Waals surface area contributed by atoms with E-state index in [0.717, 1.165) is 11.1 Å². The number of rotatable bonds is 2. The first kappa shape index (κ1) is 9.72. The maximum absolute atomic E-state index is 11.0. The standard InChI is InChI=1S/C14H11O/c15-11-14(12-7-3-1-4-8-12)13-9-5-2-6-10-13/h1-10,14H/q+1. The molecule has 0 radical (unpaired) electrons. The van der Waals surface area contributed by atoms with E-state index in [2.05, 4.69) is 6.15 Å². The Morgan fingerprint density at radius 2 is 1.13 bits per heavy atom. The molecule has 0 amide bonds. The van der Waals surface area contributed by atoms with Crippen LogP contribution in [0.1, 0.15) is 17.0 Å². The van der Waals surface area contributed by atoms with Gasteiger partial charge in [-0.15, -0.1) is 0 Å². The third kappa shape index (κ3) is 2.16. The quantitative estimate of drug-likeness (QED) is 0.656. The van der Waals surface area contributed by atoms with Crippen molar-refractivity contribution in [2.75, 3.05) is 0 Å². The number of benzene rings is 2. The number of hydrogen-bond donors (Lipinski definition) is 0. The van der Waals surface area contributed by atoms with Crippen LogP contribution < -0.4 is 0 Å². The molecule has 0 aromatic heterocycles. The van der Waals surface area contributed by atoms with E-state index >= 15 is 0 Å². The van der Waals surface area contributed by atoms with Gasteiger partial charge in [-0.25, -0.2) is 0 Å². The molecule has 0 aliphatic rings. The van der Waals surface area contributed by atoms with Crippen molar-refractivity contribution in [1.29, 1.82) is 0 Å². The molecule has 2 aromatic carbocycles. The maximum atomic E-state index is 11.0. The first-order valence-corrected chi connectivity index (χ1v) is 4.89. The molecule has 15 heavy (non-hydrogen) atoms. The second-order valence-electron chi connectivity index (χ2n) is 3.37. The second kappa shape index (κ2) is 4.61. The summed E-state index contributed by atoms with van der Waals surface area (Å²) in [5.74, 6) is -0.271. The van der Waals surface area contributed by atoms with Crippen molar-refractivity contribution in [2.24, 2.45) is 0 Å². The average Bonchev–Trinajstić information content (AvgIpc) is 2.33. The summed E-state index contributed by atoms with van der Waals surface area (Å²) in [6, 6.07) is 19.4. The van der Waals surface area contributed by atoms with Gasteiger partial charge in [0, 0.05) is 0 Å². The molecule has 1 nitrogen and oxygen atoms in total. The fraction of sp³-hybridized carbons (Fsp3) is 0.0714. The van der Waals surface area contributed by atoms with E-state index in [9.17, 15) is 4.65 Å². The van der Waals surface area contributed by atoms with Gasteiger partial charge >= 0.3 is 88.5 Å². The summed E-state index contributed by atoms with van der Waals surface area (Å²) >= 11 is 0. The minimum absolute atomic E-state index is 0.271. The molecule has 2 aromatic rings. The van der Waals surface area contributed by atoms with Crippen LogP contribution in [0.4, 0.5) is 0 Å². The summed E-state index contributed by atoms with van der Waals surface area (Å²) in [4.78, 5) is 0. The Morgan fingerprint density at radius 3 is 1.47 bits per heavy atom. The number of hydrogen-bond acceptors (Lipinski definition) is 0. The van der Waals surface area contributed by atoms with Crippen LogP contribution in [0.15, 0.2) is 60.7 Å². The van der Waals surface area contributed by atoms with Gasteiger partial charge in [0.2, 0.25) is 0 Å². The zero-order chi connectivity index (χ0) is 10.5. The van der Waals surface area contributed by atoms with Gasteiger partial charge in [0.1, 0.15) is 0 Å². The molecule has 2 rings (SSSR count). The van der Waals surface area contributed by atoms with Crippen LogP contribution in [0.2, 0.25) is 0 Å². The summed E-state index contributed by atoms with van der Waals surface area (Å²) in [5, 5.41) is 0. The summed E-state index contributed by atoms with van der Waals surface area (Å²) in [5.41, 5.74) is 1.97. The van der Waals surface area contributed by atoms with Crippen molar-refractivity contribution >= 4 is 0 Å². The van der Waals surface area contributed by atoms with Gasteiger partial charge in [0.05, 0.1) is 0 Å². The Balaban J connectivity index is 2.39. The fourth-order valence-electron chi connectivity index (χ4n) is 1.62. The van der Waals surface area contributed by atoms with Crippen molar-refractivity contribution in [3.05, 3.63) is 71.8 Å². The molecular formula is C14H11O+. The zero-order valence-electron chi connectivity index (χ0n) is 8.26. The van der Waals surface area contributed by atoms with Crippen LogP contribution >= 0.6 is 0 Å². The van der Waals surface area contributed by atoms with E-state index in [1.807, 2.05) is 60.7 Å². The summed E-state index contributed by atoms with van der Waals surface area (Å²) in [6.45, 7) is 0. The van der Waals surface area contributed by atoms with Gasteiger partial charge in [-0.2, -0.15) is 0 Å². The van der Waals surface area contributed by atoms with Crippen LogP contribution in [-0.4, -0.2) is 0 Å². The Labute approximate surface area is 89.1 Å². The average molecular weight is 195 g/mol. The van der Waals surface area contributed by atoms with E-state index in [1.54, 1.807) is 0 Å². The molecule has 0 bridgehead atoms. The molecule has 0 aliphatic heterocycles. The molecule has 0 spiro atoms. The van der Waals surface area contributed by atoms with Gasteiger partial charge in [-0.05, 0) is 0 Å². The van der Waals surface area contributed by atoms with E-state index in [-0.39, 0.29) is 5.92 Å². The Morgan fingerprint density at radius 1 is 0.733 bits per heavy atom.